The first-order valence-corrected chi connectivity index (χ1v) is 8.88. The molecule has 1 aromatic carbocycles. The third-order valence-corrected chi connectivity index (χ3v) is 4.30. The van der Waals surface area contributed by atoms with Gasteiger partial charge in [-0.1, -0.05) is 32.0 Å². The molecule has 0 aliphatic rings. The molecule has 0 atom stereocenters. The van der Waals surface area contributed by atoms with Gasteiger partial charge in [-0.25, -0.2) is 0 Å². The summed E-state index contributed by atoms with van der Waals surface area (Å²) in [5.41, 5.74) is 3.45. The summed E-state index contributed by atoms with van der Waals surface area (Å²) in [7, 11) is 1.76. The maximum Gasteiger partial charge on any atom is 0.256 e. The zero-order chi connectivity index (χ0) is 19.4. The number of nitrogens with one attached hydrogen (secondary N) is 1. The Hall–Kier alpha value is -2.56. The van der Waals surface area contributed by atoms with Gasteiger partial charge in [-0.3, -0.25) is 9.59 Å². The van der Waals surface area contributed by atoms with Gasteiger partial charge in [0.05, 0.1) is 17.9 Å². The molecular formula is C21H28N2O3. The van der Waals surface area contributed by atoms with E-state index in [1.54, 1.807) is 18.9 Å². The summed E-state index contributed by atoms with van der Waals surface area (Å²) < 4.78 is 5.88. The summed E-state index contributed by atoms with van der Waals surface area (Å²) >= 11 is 0. The number of hydrogen-bond acceptors (Lipinski definition) is 3. The normalized spacial score (nSPS) is 10.9. The van der Waals surface area contributed by atoms with E-state index in [4.69, 9.17) is 4.74 Å². The number of aromatic amines is 1. The first kappa shape index (κ1) is 19.8. The Kier molecular flexibility index (Phi) is 6.24. The van der Waals surface area contributed by atoms with Gasteiger partial charge in [0.25, 0.3) is 5.91 Å². The second-order valence-electron chi connectivity index (χ2n) is 7.15. The predicted octanol–water partition coefficient (Wildman–Crippen LogP) is 4.14. The largest absolute Gasteiger partial charge is 0.493 e. The molecule has 2 aromatic rings. The first-order chi connectivity index (χ1) is 12.2. The Morgan fingerprint density at radius 3 is 2.42 bits per heavy atom. The molecule has 1 aromatic heterocycles. The van der Waals surface area contributed by atoms with E-state index in [9.17, 15) is 9.59 Å². The lowest BCUT2D eigenvalue weighted by atomic mass is 10.1. The fourth-order valence-electron chi connectivity index (χ4n) is 2.97. The predicted molar refractivity (Wildman–Crippen MR) is 103 cm³/mol. The lowest BCUT2D eigenvalue weighted by Crippen LogP contribution is -2.27. The number of ether oxygens (including phenoxy) is 1. The molecule has 0 aliphatic carbocycles. The number of nitrogens with zero attached hydrogens (tertiary/aromatic N) is 1. The van der Waals surface area contributed by atoms with Gasteiger partial charge in [0.15, 0.2) is 5.78 Å². The molecule has 2 rings (SSSR count). The van der Waals surface area contributed by atoms with Gasteiger partial charge in [0.2, 0.25) is 0 Å². The van der Waals surface area contributed by atoms with E-state index in [1.165, 1.54) is 6.92 Å². The number of aryl methyl sites for hydroxylation is 1. The van der Waals surface area contributed by atoms with Crippen molar-refractivity contribution in [1.29, 1.82) is 0 Å². The topological polar surface area (TPSA) is 62.4 Å². The molecule has 1 heterocycles. The highest BCUT2D eigenvalue weighted by molar-refractivity contribution is 6.02. The van der Waals surface area contributed by atoms with Gasteiger partial charge in [0.1, 0.15) is 5.75 Å². The van der Waals surface area contributed by atoms with Gasteiger partial charge in [-0.15, -0.1) is 0 Å². The molecule has 1 amide bonds. The zero-order valence-corrected chi connectivity index (χ0v) is 16.5. The van der Waals surface area contributed by atoms with Crippen LogP contribution in [0.25, 0.3) is 0 Å². The number of aromatic nitrogens is 1. The standard InChI is InChI=1S/C21H28N2O3/c1-13(2)12-26-18-10-8-7-9-17(18)11-23(6)21(25)19-14(3)20(16(5)24)22-15(19)4/h7-10,13,22H,11-12H2,1-6H3. The highest BCUT2D eigenvalue weighted by atomic mass is 16.5. The minimum Gasteiger partial charge on any atom is -0.493 e. The molecular weight excluding hydrogens is 328 g/mol. The summed E-state index contributed by atoms with van der Waals surface area (Å²) in [6.45, 7) is 10.4. The van der Waals surface area contributed by atoms with Crippen LogP contribution < -0.4 is 4.74 Å². The van der Waals surface area contributed by atoms with E-state index in [0.717, 1.165) is 11.3 Å². The summed E-state index contributed by atoms with van der Waals surface area (Å²) in [6, 6.07) is 7.77. The van der Waals surface area contributed by atoms with Crippen LogP contribution in [0, 0.1) is 19.8 Å². The van der Waals surface area contributed by atoms with E-state index >= 15 is 0 Å². The highest BCUT2D eigenvalue weighted by Crippen LogP contribution is 2.24. The number of ketones is 1. The van der Waals surface area contributed by atoms with Crippen LogP contribution in [-0.2, 0) is 6.54 Å². The zero-order valence-electron chi connectivity index (χ0n) is 16.5. The number of rotatable bonds is 7. The van der Waals surface area contributed by atoms with E-state index in [2.05, 4.69) is 18.8 Å². The molecule has 0 bridgehead atoms. The Bertz CT molecular complexity index is 806. The number of benzene rings is 1. The van der Waals surface area contributed by atoms with Crippen LogP contribution in [0.5, 0.6) is 5.75 Å². The molecule has 5 nitrogen and oxygen atoms in total. The van der Waals surface area contributed by atoms with Crippen LogP contribution in [0.15, 0.2) is 24.3 Å². The quantitative estimate of drug-likeness (QED) is 0.758. The molecule has 0 saturated heterocycles. The Labute approximate surface area is 155 Å². The highest BCUT2D eigenvalue weighted by Gasteiger charge is 2.23. The van der Waals surface area contributed by atoms with Gasteiger partial charge in [-0.2, -0.15) is 0 Å². The van der Waals surface area contributed by atoms with Crippen molar-refractivity contribution in [3.05, 3.63) is 52.3 Å². The Balaban J connectivity index is 2.22. The van der Waals surface area contributed by atoms with Gasteiger partial charge in [0, 0.05) is 31.8 Å². The third kappa shape index (κ3) is 4.34. The second-order valence-corrected chi connectivity index (χ2v) is 7.15. The SMILES string of the molecule is CC(=O)c1[nH]c(C)c(C(=O)N(C)Cc2ccccc2OCC(C)C)c1C. The minimum atomic E-state index is -0.109. The van der Waals surface area contributed by atoms with Crippen LogP contribution in [0.3, 0.4) is 0 Å². The van der Waals surface area contributed by atoms with E-state index < -0.39 is 0 Å². The molecule has 0 aliphatic heterocycles. The molecule has 0 spiro atoms. The lowest BCUT2D eigenvalue weighted by molar-refractivity contribution is 0.0782. The molecule has 140 valence electrons. The van der Waals surface area contributed by atoms with Crippen molar-refractivity contribution in [3.8, 4) is 5.75 Å². The van der Waals surface area contributed by atoms with Crippen molar-refractivity contribution in [2.75, 3.05) is 13.7 Å². The Morgan fingerprint density at radius 2 is 1.85 bits per heavy atom. The van der Waals surface area contributed by atoms with Crippen molar-refractivity contribution in [1.82, 2.24) is 9.88 Å². The minimum absolute atomic E-state index is 0.0697. The van der Waals surface area contributed by atoms with E-state index in [0.29, 0.717) is 41.6 Å². The van der Waals surface area contributed by atoms with Crippen LogP contribution in [0.2, 0.25) is 0 Å². The maximum atomic E-state index is 13.0. The van der Waals surface area contributed by atoms with E-state index in [-0.39, 0.29) is 11.7 Å². The molecule has 1 N–H and O–H groups in total. The molecule has 0 unspecified atom stereocenters. The number of Topliss-reactive ketones (excluding diaryl/α,β-unsaturated/α-hetero) is 1. The van der Waals surface area contributed by atoms with E-state index in [1.807, 2.05) is 31.2 Å². The average molecular weight is 356 g/mol. The molecule has 5 heteroatoms. The van der Waals surface area contributed by atoms with Crippen molar-refractivity contribution < 1.29 is 14.3 Å². The number of carbonyl (C=O) groups excluding carboxylic acids is 2. The molecule has 0 radical (unpaired) electrons. The summed E-state index contributed by atoms with van der Waals surface area (Å²) in [6.07, 6.45) is 0. The number of para-hydroxylation sites is 1. The second kappa shape index (κ2) is 8.21. The van der Waals surface area contributed by atoms with Crippen LogP contribution in [0.4, 0.5) is 0 Å². The number of carbonyl (C=O) groups is 2. The van der Waals surface area contributed by atoms with Crippen molar-refractivity contribution in [2.24, 2.45) is 5.92 Å². The number of H-pyrrole nitrogens is 1. The van der Waals surface area contributed by atoms with Crippen LogP contribution >= 0.6 is 0 Å². The fourth-order valence-corrected chi connectivity index (χ4v) is 2.97. The van der Waals surface area contributed by atoms with Gasteiger partial charge < -0.3 is 14.6 Å². The Morgan fingerprint density at radius 1 is 1.19 bits per heavy atom. The monoisotopic (exact) mass is 356 g/mol. The van der Waals surface area contributed by atoms with Gasteiger partial charge >= 0.3 is 0 Å². The van der Waals surface area contributed by atoms with Crippen LogP contribution in [-0.4, -0.2) is 35.2 Å². The van der Waals surface area contributed by atoms with Crippen molar-refractivity contribution in [3.63, 3.8) is 0 Å². The third-order valence-electron chi connectivity index (χ3n) is 4.30. The first-order valence-electron chi connectivity index (χ1n) is 8.88. The van der Waals surface area contributed by atoms with Crippen LogP contribution in [0.1, 0.15) is 58.4 Å². The molecule has 0 saturated carbocycles. The molecule has 0 fully saturated rings. The van der Waals surface area contributed by atoms with Crippen molar-refractivity contribution in [2.45, 2.75) is 41.2 Å². The smallest absolute Gasteiger partial charge is 0.256 e. The lowest BCUT2D eigenvalue weighted by Gasteiger charge is -2.20. The number of amides is 1. The average Bonchev–Trinajstić information content (AvgIpc) is 2.88. The summed E-state index contributed by atoms with van der Waals surface area (Å²) in [5.74, 6) is 1.05. The molecule has 26 heavy (non-hydrogen) atoms. The fraction of sp³-hybridized carbons (Fsp3) is 0.429. The summed E-state index contributed by atoms with van der Waals surface area (Å²) in [5, 5.41) is 0. The maximum absolute atomic E-state index is 13.0. The van der Waals surface area contributed by atoms with Gasteiger partial charge in [-0.05, 0) is 31.4 Å². The summed E-state index contributed by atoms with van der Waals surface area (Å²) in [4.78, 5) is 29.4. The van der Waals surface area contributed by atoms with Crippen molar-refractivity contribution >= 4 is 11.7 Å². The number of hydrogen-bond donors (Lipinski definition) is 1.